The second-order valence-corrected chi connectivity index (χ2v) is 11.2. The molecule has 0 aromatic carbocycles. The fraction of sp³-hybridized carbons (Fsp3) is 1.00. The topological polar surface area (TPSA) is 148 Å². The monoisotopic (exact) mass is 457 g/mol. The van der Waals surface area contributed by atoms with Gasteiger partial charge in [-0.15, -0.1) is 0 Å². The van der Waals surface area contributed by atoms with Crippen LogP contribution >= 0.6 is 23.8 Å². The standard InChI is InChI=1S/C12H28O12P3/c1-6-7-10-8-11(13)12(22-10)9-21-26(15,19-4)24-27(16,20-5)23-25(14,17-2)18-3/h10-13,15H,6-9H2,1-5H3/q+1. The molecule has 0 aliphatic carbocycles. The lowest BCUT2D eigenvalue weighted by atomic mass is 10.1. The number of phosphoric ester groups is 1. The summed E-state index contributed by atoms with van der Waals surface area (Å²) in [6.45, 7) is 1.68. The number of hydrogen-bond acceptors (Lipinski definition) is 12. The predicted octanol–water partition coefficient (Wildman–Crippen LogP) is 2.83. The maximum Gasteiger partial charge on any atom is 0.583 e. The van der Waals surface area contributed by atoms with Crippen LogP contribution in [0, 0.1) is 0 Å². The van der Waals surface area contributed by atoms with Gasteiger partial charge < -0.3 is 9.84 Å². The smallest absolute Gasteiger partial charge is 0.390 e. The molecule has 15 heteroatoms. The van der Waals surface area contributed by atoms with Crippen LogP contribution < -0.4 is 0 Å². The molecule has 0 spiro atoms. The molecule has 0 amide bonds. The molecule has 0 aromatic heterocycles. The zero-order valence-corrected chi connectivity index (χ0v) is 18.6. The molecule has 0 radical (unpaired) electrons. The van der Waals surface area contributed by atoms with Crippen molar-refractivity contribution in [3.63, 3.8) is 0 Å². The van der Waals surface area contributed by atoms with Gasteiger partial charge in [-0.3, -0.25) is 13.6 Å². The van der Waals surface area contributed by atoms with Gasteiger partial charge >= 0.3 is 23.8 Å². The molecule has 5 unspecified atom stereocenters. The molecular formula is C12H28O12P3+. The molecule has 1 aliphatic rings. The van der Waals surface area contributed by atoms with Crippen LogP contribution in [0.4, 0.5) is 0 Å². The van der Waals surface area contributed by atoms with E-state index in [0.29, 0.717) is 6.42 Å². The van der Waals surface area contributed by atoms with Crippen molar-refractivity contribution >= 4 is 23.8 Å². The number of phosphoric acid groups is 2. The maximum atomic E-state index is 12.5. The van der Waals surface area contributed by atoms with Gasteiger partial charge in [0.1, 0.15) is 12.7 Å². The third-order valence-electron chi connectivity index (χ3n) is 3.62. The van der Waals surface area contributed by atoms with E-state index in [0.717, 1.165) is 41.3 Å². The Hall–Kier alpha value is 0.490. The van der Waals surface area contributed by atoms with Crippen LogP contribution in [-0.2, 0) is 45.1 Å². The minimum Gasteiger partial charge on any atom is -0.390 e. The number of aliphatic hydroxyl groups is 1. The summed E-state index contributed by atoms with van der Waals surface area (Å²) in [7, 11) is -9.23. The number of rotatable bonds is 13. The van der Waals surface area contributed by atoms with Crippen LogP contribution in [0.15, 0.2) is 0 Å². The molecule has 1 aliphatic heterocycles. The van der Waals surface area contributed by atoms with Crippen molar-refractivity contribution in [3.8, 4) is 0 Å². The SMILES string of the molecule is CCCC1CC(O)C(CO[P+](O)(OC)OP(=O)(OC)OP(=O)(OC)OC)O1. The molecule has 0 aromatic rings. The maximum absolute atomic E-state index is 12.5. The van der Waals surface area contributed by atoms with Crippen molar-refractivity contribution in [2.75, 3.05) is 35.0 Å². The van der Waals surface area contributed by atoms with Crippen LogP contribution in [0.2, 0.25) is 0 Å². The summed E-state index contributed by atoms with van der Waals surface area (Å²) in [5, 5.41) is 10.0. The van der Waals surface area contributed by atoms with E-state index >= 15 is 0 Å². The van der Waals surface area contributed by atoms with Crippen molar-refractivity contribution in [3.05, 3.63) is 0 Å². The molecule has 1 rings (SSSR count). The largest absolute Gasteiger partial charge is 0.583 e. The Morgan fingerprint density at radius 1 is 1.11 bits per heavy atom. The van der Waals surface area contributed by atoms with E-state index in [1.165, 1.54) is 0 Å². The van der Waals surface area contributed by atoms with Gasteiger partial charge in [-0.1, -0.05) is 13.3 Å². The molecule has 27 heavy (non-hydrogen) atoms. The number of ether oxygens (including phenoxy) is 1. The first-order valence-electron chi connectivity index (χ1n) is 8.03. The van der Waals surface area contributed by atoms with Gasteiger partial charge in [-0.2, -0.15) is 18.3 Å². The highest BCUT2D eigenvalue weighted by Crippen LogP contribution is 2.75. The molecule has 0 saturated carbocycles. The molecule has 1 fully saturated rings. The van der Waals surface area contributed by atoms with Gasteiger partial charge in [0.2, 0.25) is 0 Å². The van der Waals surface area contributed by atoms with Gasteiger partial charge in [0.05, 0.1) is 19.3 Å². The fourth-order valence-corrected chi connectivity index (χ4v) is 6.71. The van der Waals surface area contributed by atoms with Gasteiger partial charge in [-0.05, 0) is 10.7 Å². The zero-order valence-electron chi connectivity index (χ0n) is 15.9. The zero-order chi connectivity index (χ0) is 20.7. The lowest BCUT2D eigenvalue weighted by molar-refractivity contribution is -0.0281. The first-order chi connectivity index (χ1) is 12.6. The summed E-state index contributed by atoms with van der Waals surface area (Å²) in [5.74, 6) is 0. The first kappa shape index (κ1) is 25.5. The third kappa shape index (κ3) is 7.68. The molecule has 12 nitrogen and oxygen atoms in total. The number of hydrogen-bond donors (Lipinski definition) is 2. The Labute approximate surface area is 159 Å². The van der Waals surface area contributed by atoms with E-state index in [-0.39, 0.29) is 12.7 Å². The van der Waals surface area contributed by atoms with Gasteiger partial charge in [0.25, 0.3) is 0 Å². The van der Waals surface area contributed by atoms with Crippen molar-refractivity contribution < 1.29 is 55.1 Å². The lowest BCUT2D eigenvalue weighted by Gasteiger charge is -2.21. The van der Waals surface area contributed by atoms with E-state index < -0.39 is 36.0 Å². The Morgan fingerprint density at radius 3 is 2.19 bits per heavy atom. The highest BCUT2D eigenvalue weighted by Gasteiger charge is 2.56. The number of aliphatic hydroxyl groups excluding tert-OH is 1. The normalized spacial score (nSPS) is 28.0. The second kappa shape index (κ2) is 11.0. The summed E-state index contributed by atoms with van der Waals surface area (Å²) in [6, 6.07) is 0. The Balaban J connectivity index is 2.76. The van der Waals surface area contributed by atoms with E-state index in [1.807, 2.05) is 6.92 Å². The summed E-state index contributed by atoms with van der Waals surface area (Å²) in [5.41, 5.74) is 0. The minimum atomic E-state index is -4.66. The Morgan fingerprint density at radius 2 is 1.70 bits per heavy atom. The lowest BCUT2D eigenvalue weighted by Crippen LogP contribution is -2.27. The van der Waals surface area contributed by atoms with Gasteiger partial charge in [0.15, 0.2) is 0 Å². The molecule has 2 N–H and O–H groups in total. The molecule has 162 valence electrons. The summed E-state index contributed by atoms with van der Waals surface area (Å²) in [4.78, 5) is 10.3. The molecule has 1 saturated heterocycles. The van der Waals surface area contributed by atoms with E-state index in [2.05, 4.69) is 17.9 Å². The van der Waals surface area contributed by atoms with Crippen LogP contribution in [0.3, 0.4) is 0 Å². The third-order valence-corrected chi connectivity index (χ3v) is 9.12. The average Bonchev–Trinajstić information content (AvgIpc) is 2.99. The average molecular weight is 457 g/mol. The first-order valence-corrected chi connectivity index (χ1v) is 12.4. The molecule has 5 atom stereocenters. The van der Waals surface area contributed by atoms with Crippen LogP contribution in [0.1, 0.15) is 26.2 Å². The highest BCUT2D eigenvalue weighted by molar-refractivity contribution is 7.69. The van der Waals surface area contributed by atoms with E-state index in [1.54, 1.807) is 0 Å². The van der Waals surface area contributed by atoms with E-state index in [9.17, 15) is 19.1 Å². The van der Waals surface area contributed by atoms with Crippen molar-refractivity contribution in [2.45, 2.75) is 44.5 Å². The molecule has 0 bridgehead atoms. The van der Waals surface area contributed by atoms with Crippen LogP contribution in [-0.4, -0.2) is 63.4 Å². The van der Waals surface area contributed by atoms with Crippen LogP contribution in [0.25, 0.3) is 0 Å². The quantitative estimate of drug-likeness (QED) is 0.392. The summed E-state index contributed by atoms with van der Waals surface area (Å²) < 4.78 is 63.2. The van der Waals surface area contributed by atoms with Crippen molar-refractivity contribution in [2.24, 2.45) is 0 Å². The minimum absolute atomic E-state index is 0.129. The predicted molar refractivity (Wildman–Crippen MR) is 94.7 cm³/mol. The van der Waals surface area contributed by atoms with Gasteiger partial charge in [0, 0.05) is 27.8 Å². The van der Waals surface area contributed by atoms with E-state index in [4.69, 9.17) is 18.1 Å². The fourth-order valence-electron chi connectivity index (χ4n) is 2.22. The molecular weight excluding hydrogens is 429 g/mol. The second-order valence-electron chi connectivity index (χ2n) is 5.44. The highest BCUT2D eigenvalue weighted by atomic mass is 31.3. The Bertz CT molecular complexity index is 540. The van der Waals surface area contributed by atoms with Gasteiger partial charge in [-0.25, -0.2) is 9.13 Å². The van der Waals surface area contributed by atoms with Crippen LogP contribution in [0.5, 0.6) is 0 Å². The Kier molecular flexibility index (Phi) is 10.4. The summed E-state index contributed by atoms with van der Waals surface area (Å²) >= 11 is 0. The molecule has 1 heterocycles. The summed E-state index contributed by atoms with van der Waals surface area (Å²) in [6.07, 6.45) is 0.409. The van der Waals surface area contributed by atoms with Crippen molar-refractivity contribution in [1.82, 2.24) is 0 Å². The van der Waals surface area contributed by atoms with Crippen molar-refractivity contribution in [1.29, 1.82) is 0 Å².